The molecule has 13 nitrogen and oxygen atoms in total. The van der Waals surface area contributed by atoms with E-state index >= 15 is 0 Å². The lowest BCUT2D eigenvalue weighted by Crippen LogP contribution is -2.64. The minimum atomic E-state index is -1.22. The smallest absolute Gasteiger partial charge is 0.323 e. The van der Waals surface area contributed by atoms with Gasteiger partial charge in [0, 0.05) is 0 Å². The largest absolute Gasteiger partial charge is 0.468 e. The van der Waals surface area contributed by atoms with Gasteiger partial charge in [-0.2, -0.15) is 0 Å². The first-order chi connectivity index (χ1) is 26.5. The Hall–Kier alpha value is -3.31. The van der Waals surface area contributed by atoms with Crippen LogP contribution in [0.1, 0.15) is 44.4 Å². The fourth-order valence-electron chi connectivity index (χ4n) is 7.70. The molecule has 0 aromatic heterocycles. The van der Waals surface area contributed by atoms with Crippen molar-refractivity contribution in [2.75, 3.05) is 20.3 Å². The number of ether oxygens (including phenoxy) is 11. The van der Waals surface area contributed by atoms with Gasteiger partial charge in [0.05, 0.1) is 52.2 Å². The Bertz CT molecular complexity index is 1660. The zero-order chi connectivity index (χ0) is 38.6. The van der Waals surface area contributed by atoms with Gasteiger partial charge in [-0.15, -0.1) is 0 Å². The second-order valence-electron chi connectivity index (χ2n) is 15.2. The highest BCUT2D eigenvalue weighted by Gasteiger charge is 2.61. The lowest BCUT2D eigenvalue weighted by Gasteiger charge is -2.48. The number of fused-ring (bicyclic) bond motifs is 3. The number of carbonyl (C=O) groups is 1. The third-order valence-electron chi connectivity index (χ3n) is 10.2. The lowest BCUT2D eigenvalue weighted by atomic mass is 9.85. The molecule has 4 heterocycles. The molecular weight excluding hydrogens is 710 g/mol. The lowest BCUT2D eigenvalue weighted by molar-refractivity contribution is -0.320. The molecule has 0 aliphatic carbocycles. The van der Waals surface area contributed by atoms with E-state index in [1.807, 2.05) is 119 Å². The average Bonchev–Trinajstić information content (AvgIpc) is 3.69. The van der Waals surface area contributed by atoms with Gasteiger partial charge in [0.25, 0.3) is 0 Å². The van der Waals surface area contributed by atoms with Gasteiger partial charge in [-0.3, -0.25) is 4.79 Å². The van der Waals surface area contributed by atoms with Gasteiger partial charge in [0.15, 0.2) is 24.2 Å². The minimum absolute atomic E-state index is 0.0266. The summed E-state index contributed by atoms with van der Waals surface area (Å²) < 4.78 is 69.8. The topological polar surface area (TPSA) is 145 Å². The van der Waals surface area contributed by atoms with Crippen LogP contribution in [-0.2, 0) is 76.7 Å². The molecular formula is C42H53NO12. The van der Waals surface area contributed by atoms with Gasteiger partial charge in [0.2, 0.25) is 0 Å². The van der Waals surface area contributed by atoms with Crippen molar-refractivity contribution in [1.29, 1.82) is 0 Å². The molecule has 11 atom stereocenters. The van der Waals surface area contributed by atoms with Crippen LogP contribution in [0.5, 0.6) is 0 Å². The predicted octanol–water partition coefficient (Wildman–Crippen LogP) is 4.63. The molecule has 3 aromatic rings. The molecule has 0 amide bonds. The van der Waals surface area contributed by atoms with Gasteiger partial charge in [-0.25, -0.2) is 0 Å². The van der Waals surface area contributed by atoms with Gasteiger partial charge >= 0.3 is 5.97 Å². The van der Waals surface area contributed by atoms with E-state index in [0.29, 0.717) is 6.61 Å². The monoisotopic (exact) mass is 763 g/mol. The van der Waals surface area contributed by atoms with E-state index in [-0.39, 0.29) is 26.4 Å². The summed E-state index contributed by atoms with van der Waals surface area (Å²) in [5, 5.41) is 0. The van der Waals surface area contributed by atoms with Crippen LogP contribution in [0, 0.1) is 5.92 Å². The maximum Gasteiger partial charge on any atom is 0.323 e. The summed E-state index contributed by atoms with van der Waals surface area (Å²) in [6, 6.07) is 28.2. The second kappa shape index (κ2) is 17.5. The van der Waals surface area contributed by atoms with E-state index in [0.717, 1.165) is 16.7 Å². The zero-order valence-electron chi connectivity index (χ0n) is 32.0. The Morgan fingerprint density at radius 1 is 0.636 bits per heavy atom. The maximum absolute atomic E-state index is 13.3. The molecule has 7 rings (SSSR count). The number of methoxy groups -OCH3 is 1. The summed E-state index contributed by atoms with van der Waals surface area (Å²) in [7, 11) is 1.29. The Kier molecular flexibility index (Phi) is 12.7. The highest BCUT2D eigenvalue weighted by atomic mass is 16.9. The van der Waals surface area contributed by atoms with Crippen LogP contribution in [0.2, 0.25) is 0 Å². The summed E-state index contributed by atoms with van der Waals surface area (Å²) in [6.07, 6.45) is -6.28. The highest BCUT2D eigenvalue weighted by Crippen LogP contribution is 2.45. The van der Waals surface area contributed by atoms with E-state index in [9.17, 15) is 4.79 Å². The quantitative estimate of drug-likeness (QED) is 0.215. The highest BCUT2D eigenvalue weighted by molar-refractivity contribution is 5.76. The van der Waals surface area contributed by atoms with Crippen LogP contribution in [0.3, 0.4) is 0 Å². The number of hydrogen-bond acceptors (Lipinski definition) is 13. The molecule has 4 saturated heterocycles. The first kappa shape index (κ1) is 39.9. The summed E-state index contributed by atoms with van der Waals surface area (Å²) >= 11 is 0. The molecule has 4 aliphatic rings. The summed E-state index contributed by atoms with van der Waals surface area (Å²) in [4.78, 5) is 13.3. The van der Waals surface area contributed by atoms with Crippen molar-refractivity contribution in [3.63, 3.8) is 0 Å². The van der Waals surface area contributed by atoms with Crippen molar-refractivity contribution < 1.29 is 56.9 Å². The third kappa shape index (κ3) is 9.63. The molecule has 55 heavy (non-hydrogen) atoms. The molecule has 0 spiro atoms. The fraction of sp³-hybridized carbons (Fsp3) is 0.548. The van der Waals surface area contributed by atoms with Crippen LogP contribution in [-0.4, -0.2) is 99.2 Å². The third-order valence-corrected chi connectivity index (χ3v) is 10.2. The van der Waals surface area contributed by atoms with Gasteiger partial charge in [-0.05, 0) is 44.4 Å². The molecule has 13 heteroatoms. The van der Waals surface area contributed by atoms with Gasteiger partial charge in [-0.1, -0.05) is 91.0 Å². The van der Waals surface area contributed by atoms with Crippen LogP contribution in [0.15, 0.2) is 91.0 Å². The average molecular weight is 764 g/mol. The second-order valence-corrected chi connectivity index (χ2v) is 15.2. The molecule has 0 radical (unpaired) electrons. The van der Waals surface area contributed by atoms with Crippen molar-refractivity contribution in [2.45, 2.75) is 120 Å². The van der Waals surface area contributed by atoms with E-state index < -0.39 is 84.8 Å². The van der Waals surface area contributed by atoms with E-state index in [1.54, 1.807) is 0 Å². The van der Waals surface area contributed by atoms with E-state index in [1.165, 1.54) is 7.11 Å². The predicted molar refractivity (Wildman–Crippen MR) is 197 cm³/mol. The molecule has 0 bridgehead atoms. The molecule has 2 N–H and O–H groups in total. The summed E-state index contributed by atoms with van der Waals surface area (Å²) in [5.74, 6) is -3.33. The van der Waals surface area contributed by atoms with Crippen molar-refractivity contribution in [3.05, 3.63) is 108 Å². The normalized spacial score (nSPS) is 32.7. The number of rotatable bonds is 15. The number of nitrogens with two attached hydrogens (primary N) is 1. The summed E-state index contributed by atoms with van der Waals surface area (Å²) in [5.41, 5.74) is 9.63. The Morgan fingerprint density at radius 3 is 1.76 bits per heavy atom. The maximum atomic E-state index is 13.3. The fourth-order valence-corrected chi connectivity index (χ4v) is 7.70. The SMILES string of the molecule is COC(=O)[C@H](N)[C@H]1[C@H](OC[C@H]2O[C@@H]3OC(C)(C)O[C@@H]3[C@H]3OC(C)(C)O[C@H]32)O[C@H](COCc2ccccc2)[C@H](OCc2ccccc2)[C@@H]1OCc1ccccc1. The molecule has 4 fully saturated rings. The molecule has 0 saturated carbocycles. The Labute approximate surface area is 322 Å². The van der Waals surface area contributed by atoms with E-state index in [2.05, 4.69) is 0 Å². The Balaban J connectivity index is 1.19. The van der Waals surface area contributed by atoms with Crippen molar-refractivity contribution in [1.82, 2.24) is 0 Å². The number of esters is 1. The minimum Gasteiger partial charge on any atom is -0.468 e. The van der Waals surface area contributed by atoms with Gasteiger partial charge in [0.1, 0.15) is 42.7 Å². The first-order valence-corrected chi connectivity index (χ1v) is 18.9. The molecule has 0 unspecified atom stereocenters. The summed E-state index contributed by atoms with van der Waals surface area (Å²) in [6.45, 7) is 8.24. The molecule has 4 aliphatic heterocycles. The van der Waals surface area contributed by atoms with Crippen molar-refractivity contribution in [2.24, 2.45) is 11.7 Å². The molecule has 3 aromatic carbocycles. The number of hydrogen-bond donors (Lipinski definition) is 1. The Morgan fingerprint density at radius 2 is 1.16 bits per heavy atom. The molecule has 298 valence electrons. The van der Waals surface area contributed by atoms with Gasteiger partial charge < -0.3 is 57.8 Å². The standard InChI is InChI=1S/C42H53NO12/c1-41(2)52-34-30(51-40-37(36(34)53-41)54-42(3,4)55-40)25-49-39-31(32(43)38(44)45-5)35(48-23-28-19-13-8-14-20-28)33(47-22-27-17-11-7-12-18-27)29(50-39)24-46-21-26-15-9-6-10-16-26/h6-20,29-37,39-40H,21-25,43H2,1-5H3/t29-,30-,31-,32-,33+,34+,35-,36+,37-,39-,40-/m1/s1. The van der Waals surface area contributed by atoms with Crippen LogP contribution < -0.4 is 5.73 Å². The van der Waals surface area contributed by atoms with Crippen LogP contribution in [0.25, 0.3) is 0 Å². The zero-order valence-corrected chi connectivity index (χ0v) is 32.0. The van der Waals surface area contributed by atoms with Crippen molar-refractivity contribution >= 4 is 5.97 Å². The number of carbonyl (C=O) groups excluding carboxylic acids is 1. The van der Waals surface area contributed by atoms with E-state index in [4.69, 9.17) is 57.8 Å². The van der Waals surface area contributed by atoms with Crippen LogP contribution in [0.4, 0.5) is 0 Å². The number of benzene rings is 3. The van der Waals surface area contributed by atoms with Crippen molar-refractivity contribution in [3.8, 4) is 0 Å². The van der Waals surface area contributed by atoms with Crippen LogP contribution >= 0.6 is 0 Å². The first-order valence-electron chi connectivity index (χ1n) is 18.9.